The quantitative estimate of drug-likeness (QED) is 0.160. The summed E-state index contributed by atoms with van der Waals surface area (Å²) in [5, 5.41) is 12.5. The Hall–Kier alpha value is -7.20. The predicted octanol–water partition coefficient (Wildman–Crippen LogP) is 15.3. The van der Waals surface area contributed by atoms with Crippen LogP contribution >= 0.6 is 11.3 Å². The molecule has 0 N–H and O–H groups in total. The third-order valence-electron chi connectivity index (χ3n) is 11.7. The summed E-state index contributed by atoms with van der Waals surface area (Å²) >= 11 is 1.89. The van der Waals surface area contributed by atoms with E-state index in [1.54, 1.807) is 0 Å². The molecule has 0 spiro atoms. The number of benzene rings is 9. The van der Waals surface area contributed by atoms with Crippen molar-refractivity contribution < 1.29 is 0 Å². The van der Waals surface area contributed by atoms with Gasteiger partial charge < -0.3 is 9.13 Å². The van der Waals surface area contributed by atoms with Crippen LogP contribution < -0.4 is 0 Å². The molecule has 12 aromatic rings. The molecule has 0 amide bonds. The third kappa shape index (κ3) is 4.89. The SMILES string of the molecule is c1ccc(-n2c3ccccc3n(-c3ccccc3)c3cc4c5cc(-c6cccc7c6sc6ccccc67)ccc5c5ccccc5c5ccccc5c4cc32)cc1. The summed E-state index contributed by atoms with van der Waals surface area (Å²) in [4.78, 5) is 0. The highest BCUT2D eigenvalue weighted by atomic mass is 32.1. The zero-order chi connectivity index (χ0) is 37.5. The summed E-state index contributed by atoms with van der Waals surface area (Å²) in [6.07, 6.45) is 0. The van der Waals surface area contributed by atoms with E-state index in [-0.39, 0.29) is 0 Å². The number of thiophene rings is 1. The molecule has 0 saturated carbocycles. The Morgan fingerprint density at radius 1 is 0.281 bits per heavy atom. The van der Waals surface area contributed by atoms with Gasteiger partial charge >= 0.3 is 0 Å². The molecular weight excluding hydrogens is 709 g/mol. The first-order valence-electron chi connectivity index (χ1n) is 19.5. The fourth-order valence-corrected chi connectivity index (χ4v) is 10.5. The van der Waals surface area contributed by atoms with Crippen molar-refractivity contribution in [1.29, 1.82) is 0 Å². The summed E-state index contributed by atoms with van der Waals surface area (Å²) < 4.78 is 7.54. The smallest absolute Gasteiger partial charge is 0.0709 e. The molecule has 0 fully saturated rings. The van der Waals surface area contributed by atoms with Crippen LogP contribution in [0.2, 0.25) is 0 Å². The molecule has 0 bridgehead atoms. The lowest BCUT2D eigenvalue weighted by molar-refractivity contribution is 1.09. The number of aromatic nitrogens is 2. The normalized spacial score (nSPS) is 11.9. The maximum Gasteiger partial charge on any atom is 0.0709 e. The van der Waals surface area contributed by atoms with E-state index >= 15 is 0 Å². The molecule has 2 nitrogen and oxygen atoms in total. The Bertz CT molecular complexity index is 3630. The maximum atomic E-state index is 2.47. The zero-order valence-electron chi connectivity index (χ0n) is 30.9. The van der Waals surface area contributed by atoms with Crippen molar-refractivity contribution >= 4 is 96.7 Å². The largest absolute Gasteiger partial charge is 0.306 e. The first-order valence-corrected chi connectivity index (χ1v) is 20.3. The topological polar surface area (TPSA) is 9.86 Å². The molecule has 3 heteroatoms. The highest BCUT2D eigenvalue weighted by Crippen LogP contribution is 2.43. The van der Waals surface area contributed by atoms with Gasteiger partial charge in [-0.2, -0.15) is 0 Å². The average molecular weight is 743 g/mol. The Morgan fingerprint density at radius 3 is 1.32 bits per heavy atom. The maximum absolute atomic E-state index is 2.47. The van der Waals surface area contributed by atoms with Gasteiger partial charge in [-0.3, -0.25) is 0 Å². The minimum atomic E-state index is 1.13. The molecule has 57 heavy (non-hydrogen) atoms. The first kappa shape index (κ1) is 32.1. The predicted molar refractivity (Wildman–Crippen MR) is 246 cm³/mol. The standard InChI is InChI=1S/C54H34N2S/c1-3-16-36(17-4-1)55-49-27-12-13-28-50(49)56(37-18-5-2-6-19-37)52-34-48-46-32-35(38-25-15-26-45-44-24-11-14-29-53(44)57-54(38)45)30-31-43(46)41-22-8-7-20-39(41)40-21-9-10-23-42(40)47(48)33-51(52)55/h1-34H. The number of para-hydroxylation sites is 4. The number of hydrogen-bond acceptors (Lipinski definition) is 1. The molecule has 2 aromatic heterocycles. The number of fused-ring (bicyclic) bond motifs is 13. The highest BCUT2D eigenvalue weighted by Gasteiger charge is 2.18. The van der Waals surface area contributed by atoms with Gasteiger partial charge in [0, 0.05) is 31.5 Å². The van der Waals surface area contributed by atoms with E-state index < -0.39 is 0 Å². The van der Waals surface area contributed by atoms with Gasteiger partial charge in [0.25, 0.3) is 0 Å². The summed E-state index contributed by atoms with van der Waals surface area (Å²) in [6.45, 7) is 0. The van der Waals surface area contributed by atoms with Gasteiger partial charge in [-0.05, 0) is 115 Å². The second-order valence-electron chi connectivity index (χ2n) is 14.8. The molecular formula is C54H34N2S. The van der Waals surface area contributed by atoms with Crippen molar-refractivity contribution in [2.45, 2.75) is 0 Å². The highest BCUT2D eigenvalue weighted by molar-refractivity contribution is 7.26. The second kappa shape index (κ2) is 12.7. The van der Waals surface area contributed by atoms with Crippen LogP contribution in [0, 0.1) is 0 Å². The van der Waals surface area contributed by atoms with E-state index in [1.807, 2.05) is 11.3 Å². The van der Waals surface area contributed by atoms with Crippen LogP contribution in [0.5, 0.6) is 0 Å². The Balaban J connectivity index is 1.33. The van der Waals surface area contributed by atoms with Crippen molar-refractivity contribution in [3.8, 4) is 22.5 Å². The average Bonchev–Trinajstić information content (AvgIpc) is 3.67. The molecule has 266 valence electrons. The minimum Gasteiger partial charge on any atom is -0.306 e. The van der Waals surface area contributed by atoms with Crippen LogP contribution in [0.25, 0.3) is 108 Å². The molecule has 2 heterocycles. The molecule has 0 saturated heterocycles. The fourth-order valence-electron chi connectivity index (χ4n) is 9.24. The van der Waals surface area contributed by atoms with Crippen LogP contribution in [0.3, 0.4) is 0 Å². The fraction of sp³-hybridized carbons (Fsp3) is 0. The number of nitrogens with zero attached hydrogens (tertiary/aromatic N) is 2. The molecule has 0 radical (unpaired) electrons. The van der Waals surface area contributed by atoms with E-state index in [2.05, 4.69) is 215 Å². The van der Waals surface area contributed by atoms with E-state index in [0.717, 1.165) is 33.4 Å². The Labute approximate surface area is 333 Å². The lowest BCUT2D eigenvalue weighted by Crippen LogP contribution is -2.08. The van der Waals surface area contributed by atoms with Crippen LogP contribution in [0.4, 0.5) is 0 Å². The minimum absolute atomic E-state index is 1.13. The summed E-state index contributed by atoms with van der Waals surface area (Å²) in [7, 11) is 0. The lowest BCUT2D eigenvalue weighted by Gasteiger charge is -2.23. The van der Waals surface area contributed by atoms with E-state index in [0.29, 0.717) is 0 Å². The molecule has 0 aliphatic rings. The summed E-state index contributed by atoms with van der Waals surface area (Å²) in [6, 6.07) is 76.0. The summed E-state index contributed by atoms with van der Waals surface area (Å²) in [5.74, 6) is 0. The molecule has 0 aliphatic heterocycles. The number of hydrogen-bond donors (Lipinski definition) is 0. The first-order chi connectivity index (χ1) is 28.3. The van der Waals surface area contributed by atoms with Crippen LogP contribution in [0.15, 0.2) is 206 Å². The molecule has 10 aromatic carbocycles. The van der Waals surface area contributed by atoms with Crippen molar-refractivity contribution in [1.82, 2.24) is 9.13 Å². The van der Waals surface area contributed by atoms with Crippen molar-refractivity contribution in [3.05, 3.63) is 206 Å². The lowest BCUT2D eigenvalue weighted by atomic mass is 9.92. The Kier molecular flexibility index (Phi) is 7.13. The van der Waals surface area contributed by atoms with Gasteiger partial charge in [0.15, 0.2) is 0 Å². The van der Waals surface area contributed by atoms with Crippen LogP contribution in [-0.2, 0) is 0 Å². The van der Waals surface area contributed by atoms with Gasteiger partial charge in [0.2, 0.25) is 0 Å². The zero-order valence-corrected chi connectivity index (χ0v) is 31.7. The van der Waals surface area contributed by atoms with Crippen LogP contribution in [-0.4, -0.2) is 9.13 Å². The molecule has 0 aliphatic carbocycles. The molecule has 0 unspecified atom stereocenters. The van der Waals surface area contributed by atoms with Crippen molar-refractivity contribution in [2.24, 2.45) is 0 Å². The van der Waals surface area contributed by atoms with E-state index in [9.17, 15) is 0 Å². The third-order valence-corrected chi connectivity index (χ3v) is 13.0. The van der Waals surface area contributed by atoms with E-state index in [1.165, 1.54) is 74.4 Å². The van der Waals surface area contributed by atoms with Crippen LogP contribution in [0.1, 0.15) is 0 Å². The molecule has 12 rings (SSSR count). The van der Waals surface area contributed by atoms with Gasteiger partial charge in [-0.15, -0.1) is 11.3 Å². The molecule has 0 atom stereocenters. The van der Waals surface area contributed by atoms with E-state index in [4.69, 9.17) is 0 Å². The van der Waals surface area contributed by atoms with Gasteiger partial charge in [-0.25, -0.2) is 0 Å². The summed E-state index contributed by atoms with van der Waals surface area (Å²) in [5.41, 5.74) is 9.29. The van der Waals surface area contributed by atoms with Gasteiger partial charge in [0.05, 0.1) is 22.1 Å². The van der Waals surface area contributed by atoms with Crippen molar-refractivity contribution in [2.75, 3.05) is 0 Å². The number of rotatable bonds is 3. The van der Waals surface area contributed by atoms with Gasteiger partial charge in [0.1, 0.15) is 0 Å². The second-order valence-corrected chi connectivity index (χ2v) is 15.9. The monoisotopic (exact) mass is 742 g/mol. The van der Waals surface area contributed by atoms with Gasteiger partial charge in [-0.1, -0.05) is 146 Å². The van der Waals surface area contributed by atoms with Crippen molar-refractivity contribution in [3.63, 3.8) is 0 Å². The Morgan fingerprint density at radius 2 is 0.719 bits per heavy atom.